The number of carbonyl (C=O) groups excluding carboxylic acids is 1. The minimum absolute atomic E-state index is 0.0961. The summed E-state index contributed by atoms with van der Waals surface area (Å²) in [5.74, 6) is -1.59. The highest BCUT2D eigenvalue weighted by atomic mass is 79.9. The van der Waals surface area contributed by atoms with Gasteiger partial charge in [0.15, 0.2) is 0 Å². The van der Waals surface area contributed by atoms with E-state index in [0.29, 0.717) is 0 Å². The SMILES string of the molecule is O=C(O)C1CC(=O)N(c2cc3c(cc2Br)CCC3)C1. The van der Waals surface area contributed by atoms with E-state index in [2.05, 4.69) is 22.0 Å². The molecule has 1 aromatic rings. The van der Waals surface area contributed by atoms with Crippen LogP contribution in [0.1, 0.15) is 24.0 Å². The topological polar surface area (TPSA) is 57.6 Å². The van der Waals surface area contributed by atoms with Gasteiger partial charge in [-0.3, -0.25) is 9.59 Å². The van der Waals surface area contributed by atoms with Crippen LogP contribution in [0.3, 0.4) is 0 Å². The molecule has 1 N–H and O–H groups in total. The second-order valence-electron chi connectivity index (χ2n) is 5.17. The number of nitrogens with zero attached hydrogens (tertiary/aromatic N) is 1. The molecule has 1 saturated heterocycles. The summed E-state index contributed by atoms with van der Waals surface area (Å²) in [5.41, 5.74) is 3.43. The average molecular weight is 324 g/mol. The first-order valence-electron chi connectivity index (χ1n) is 6.40. The summed E-state index contributed by atoms with van der Waals surface area (Å²) < 4.78 is 0.882. The molecule has 1 unspecified atom stereocenters. The van der Waals surface area contributed by atoms with Gasteiger partial charge in [-0.15, -0.1) is 0 Å². The summed E-state index contributed by atoms with van der Waals surface area (Å²) in [6.07, 6.45) is 3.37. The van der Waals surface area contributed by atoms with E-state index in [9.17, 15) is 9.59 Å². The number of aryl methyl sites for hydroxylation is 2. The largest absolute Gasteiger partial charge is 0.481 e. The monoisotopic (exact) mass is 323 g/mol. The van der Waals surface area contributed by atoms with Crippen LogP contribution in [0.2, 0.25) is 0 Å². The number of anilines is 1. The number of hydrogen-bond donors (Lipinski definition) is 1. The first-order chi connectivity index (χ1) is 9.06. The van der Waals surface area contributed by atoms with Crippen molar-refractivity contribution >= 4 is 33.5 Å². The summed E-state index contributed by atoms with van der Waals surface area (Å²) >= 11 is 3.50. The van der Waals surface area contributed by atoms with Gasteiger partial charge < -0.3 is 10.0 Å². The zero-order chi connectivity index (χ0) is 13.6. The Balaban J connectivity index is 1.95. The van der Waals surface area contributed by atoms with E-state index in [0.717, 1.165) is 29.4 Å². The van der Waals surface area contributed by atoms with Crippen LogP contribution in [0, 0.1) is 5.92 Å². The molecule has 1 aliphatic heterocycles. The predicted molar refractivity (Wildman–Crippen MR) is 74.3 cm³/mol. The standard InChI is InChI=1S/C14H14BrNO3/c15-11-4-8-2-1-3-9(8)5-12(11)16-7-10(14(18)19)6-13(16)17/h4-5,10H,1-3,6-7H2,(H,18,19). The zero-order valence-corrected chi connectivity index (χ0v) is 11.9. The molecule has 1 atom stereocenters. The number of amides is 1. The maximum atomic E-state index is 12.0. The fraction of sp³-hybridized carbons (Fsp3) is 0.429. The van der Waals surface area contributed by atoms with Crippen LogP contribution in [-0.2, 0) is 22.4 Å². The van der Waals surface area contributed by atoms with E-state index in [1.165, 1.54) is 11.1 Å². The molecule has 1 amide bonds. The lowest BCUT2D eigenvalue weighted by Crippen LogP contribution is -2.26. The van der Waals surface area contributed by atoms with E-state index >= 15 is 0 Å². The molecule has 1 heterocycles. The molecular weight excluding hydrogens is 310 g/mol. The van der Waals surface area contributed by atoms with Crippen molar-refractivity contribution in [3.63, 3.8) is 0 Å². The second-order valence-corrected chi connectivity index (χ2v) is 6.02. The van der Waals surface area contributed by atoms with Crippen LogP contribution >= 0.6 is 15.9 Å². The molecule has 5 heteroatoms. The fourth-order valence-corrected chi connectivity index (χ4v) is 3.50. The molecule has 1 aliphatic carbocycles. The fourth-order valence-electron chi connectivity index (χ4n) is 2.89. The first kappa shape index (κ1) is 12.7. The molecule has 3 rings (SSSR count). The number of carboxylic acids is 1. The van der Waals surface area contributed by atoms with Crippen LogP contribution in [0.15, 0.2) is 16.6 Å². The minimum atomic E-state index is -0.895. The molecule has 0 aromatic heterocycles. The Labute approximate surface area is 119 Å². The lowest BCUT2D eigenvalue weighted by Gasteiger charge is -2.19. The number of aliphatic carboxylic acids is 1. The molecule has 19 heavy (non-hydrogen) atoms. The Kier molecular flexibility index (Phi) is 3.09. The molecule has 0 radical (unpaired) electrons. The van der Waals surface area contributed by atoms with Crippen molar-refractivity contribution in [2.75, 3.05) is 11.4 Å². The molecule has 2 aliphatic rings. The molecule has 1 fully saturated rings. The molecule has 0 saturated carbocycles. The van der Waals surface area contributed by atoms with E-state index in [1.54, 1.807) is 4.90 Å². The van der Waals surface area contributed by atoms with Gasteiger partial charge in [-0.2, -0.15) is 0 Å². The number of halogens is 1. The van der Waals surface area contributed by atoms with Crippen LogP contribution < -0.4 is 4.90 Å². The Morgan fingerprint density at radius 3 is 2.63 bits per heavy atom. The van der Waals surface area contributed by atoms with E-state index in [-0.39, 0.29) is 18.9 Å². The van der Waals surface area contributed by atoms with Gasteiger partial charge in [0.05, 0.1) is 11.6 Å². The smallest absolute Gasteiger partial charge is 0.308 e. The Bertz CT molecular complexity index is 570. The molecule has 0 bridgehead atoms. The number of benzene rings is 1. The molecule has 0 spiro atoms. The lowest BCUT2D eigenvalue weighted by atomic mass is 10.1. The van der Waals surface area contributed by atoms with Gasteiger partial charge in [0.25, 0.3) is 0 Å². The molecular formula is C14H14BrNO3. The summed E-state index contributed by atoms with van der Waals surface area (Å²) in [7, 11) is 0. The maximum Gasteiger partial charge on any atom is 0.308 e. The normalized spacial score (nSPS) is 21.8. The van der Waals surface area contributed by atoms with Gasteiger partial charge in [-0.05, 0) is 58.5 Å². The van der Waals surface area contributed by atoms with Gasteiger partial charge >= 0.3 is 5.97 Å². The molecule has 100 valence electrons. The minimum Gasteiger partial charge on any atom is -0.481 e. The first-order valence-corrected chi connectivity index (χ1v) is 7.20. The van der Waals surface area contributed by atoms with Crippen molar-refractivity contribution in [3.05, 3.63) is 27.7 Å². The van der Waals surface area contributed by atoms with Crippen molar-refractivity contribution in [3.8, 4) is 0 Å². The number of carbonyl (C=O) groups is 2. The van der Waals surface area contributed by atoms with Crippen molar-refractivity contribution in [2.24, 2.45) is 5.92 Å². The summed E-state index contributed by atoms with van der Waals surface area (Å²) in [6, 6.07) is 4.10. The lowest BCUT2D eigenvalue weighted by molar-refractivity contribution is -0.141. The highest BCUT2D eigenvalue weighted by molar-refractivity contribution is 9.10. The summed E-state index contributed by atoms with van der Waals surface area (Å²) in [4.78, 5) is 24.6. The van der Waals surface area contributed by atoms with Gasteiger partial charge in [0, 0.05) is 17.4 Å². The third-order valence-electron chi connectivity index (χ3n) is 3.93. The van der Waals surface area contributed by atoms with Crippen LogP contribution in [0.4, 0.5) is 5.69 Å². The van der Waals surface area contributed by atoms with Gasteiger partial charge in [0.2, 0.25) is 5.91 Å². The third-order valence-corrected chi connectivity index (χ3v) is 4.56. The van der Waals surface area contributed by atoms with Crippen molar-refractivity contribution in [1.29, 1.82) is 0 Å². The second kappa shape index (κ2) is 4.63. The molecule has 4 nitrogen and oxygen atoms in total. The quantitative estimate of drug-likeness (QED) is 0.909. The Morgan fingerprint density at radius 1 is 1.32 bits per heavy atom. The third kappa shape index (κ3) is 2.16. The predicted octanol–water partition coefficient (Wildman–Crippen LogP) is 2.38. The Morgan fingerprint density at radius 2 is 2.00 bits per heavy atom. The number of carboxylic acid groups (broad SMARTS) is 1. The Hall–Kier alpha value is -1.36. The van der Waals surface area contributed by atoms with Crippen LogP contribution in [-0.4, -0.2) is 23.5 Å². The van der Waals surface area contributed by atoms with Gasteiger partial charge in [0.1, 0.15) is 0 Å². The highest BCUT2D eigenvalue weighted by Crippen LogP contribution is 2.36. The van der Waals surface area contributed by atoms with Crippen molar-refractivity contribution in [1.82, 2.24) is 0 Å². The van der Waals surface area contributed by atoms with Gasteiger partial charge in [-0.1, -0.05) is 0 Å². The molecule has 1 aromatic carbocycles. The zero-order valence-electron chi connectivity index (χ0n) is 10.4. The summed E-state index contributed by atoms with van der Waals surface area (Å²) in [6.45, 7) is 0.269. The van der Waals surface area contributed by atoms with Crippen LogP contribution in [0.25, 0.3) is 0 Å². The maximum absolute atomic E-state index is 12.0. The van der Waals surface area contributed by atoms with Crippen molar-refractivity contribution < 1.29 is 14.7 Å². The van der Waals surface area contributed by atoms with E-state index in [1.807, 2.05) is 6.07 Å². The number of rotatable bonds is 2. The van der Waals surface area contributed by atoms with Crippen LogP contribution in [0.5, 0.6) is 0 Å². The number of hydrogen-bond acceptors (Lipinski definition) is 2. The number of fused-ring (bicyclic) bond motifs is 1. The van der Waals surface area contributed by atoms with E-state index < -0.39 is 11.9 Å². The van der Waals surface area contributed by atoms with Gasteiger partial charge in [-0.25, -0.2) is 0 Å². The van der Waals surface area contributed by atoms with Crippen molar-refractivity contribution in [2.45, 2.75) is 25.7 Å². The van der Waals surface area contributed by atoms with E-state index in [4.69, 9.17) is 5.11 Å². The average Bonchev–Trinajstić information content (AvgIpc) is 2.94. The highest BCUT2D eigenvalue weighted by Gasteiger charge is 2.36. The summed E-state index contributed by atoms with van der Waals surface area (Å²) in [5, 5.41) is 9.03.